The second kappa shape index (κ2) is 2.42. The van der Waals surface area contributed by atoms with Gasteiger partial charge in [0.15, 0.2) is 0 Å². The molecule has 0 bridgehead atoms. The van der Waals surface area contributed by atoms with E-state index in [4.69, 9.17) is 0 Å². The van der Waals surface area contributed by atoms with Gasteiger partial charge >= 0.3 is 0 Å². The Kier molecular flexibility index (Phi) is 2.47. The molecule has 0 unspecified atom stereocenters. The van der Waals surface area contributed by atoms with Crippen molar-refractivity contribution in [2.45, 2.75) is 0 Å². The molecule has 0 spiro atoms. The SMILES string of the molecule is NS(=O)(=O)SS(N)(=O)=O. The zero-order valence-corrected chi connectivity index (χ0v) is 6.46. The lowest BCUT2D eigenvalue weighted by Gasteiger charge is -1.89. The Hall–Kier alpha value is 0.170. The van der Waals surface area contributed by atoms with Gasteiger partial charge in [-0.05, 0) is 0 Å². The van der Waals surface area contributed by atoms with Crippen LogP contribution in [0.1, 0.15) is 0 Å². The Labute approximate surface area is 55.5 Å². The van der Waals surface area contributed by atoms with Crippen molar-refractivity contribution in [3.05, 3.63) is 0 Å². The molecule has 4 N–H and O–H groups in total. The summed E-state index contributed by atoms with van der Waals surface area (Å²) in [5.41, 5.74) is 0. The second-order valence-corrected chi connectivity index (χ2v) is 7.58. The zero-order chi connectivity index (χ0) is 7.71. The third kappa shape index (κ3) is 8.17. The van der Waals surface area contributed by atoms with E-state index in [0.717, 1.165) is 0 Å². The normalized spacial score (nSPS) is 13.6. The standard InChI is InChI=1S/H4N2O4S3/c1-8(3,4)7-9(2,5)6/h(H2,1,3,4)(H2,2,5,6). The summed E-state index contributed by atoms with van der Waals surface area (Å²) in [5.74, 6) is 0. The van der Waals surface area contributed by atoms with E-state index >= 15 is 0 Å². The number of hydrogen-bond donors (Lipinski definition) is 2. The predicted octanol–water partition coefficient (Wildman–Crippen LogP) is -1.87. The van der Waals surface area contributed by atoms with Gasteiger partial charge in [-0.3, -0.25) is 0 Å². The highest BCUT2D eigenvalue weighted by Gasteiger charge is 2.14. The van der Waals surface area contributed by atoms with Crippen molar-refractivity contribution in [3.8, 4) is 0 Å². The minimum atomic E-state index is -4.08. The van der Waals surface area contributed by atoms with Crippen molar-refractivity contribution in [1.29, 1.82) is 0 Å². The van der Waals surface area contributed by atoms with Crippen LogP contribution >= 0.6 is 9.83 Å². The summed E-state index contributed by atoms with van der Waals surface area (Å²) < 4.78 is 39.7. The number of rotatable bonds is 2. The maximum atomic E-state index is 9.93. The van der Waals surface area contributed by atoms with Crippen LogP contribution in [0.5, 0.6) is 0 Å². The molecular weight excluding hydrogens is 188 g/mol. The van der Waals surface area contributed by atoms with Crippen molar-refractivity contribution in [2.75, 3.05) is 0 Å². The van der Waals surface area contributed by atoms with Gasteiger partial charge in [0, 0.05) is 0 Å². The summed E-state index contributed by atoms with van der Waals surface area (Å²) in [4.78, 5) is 0. The Bertz CT molecular complexity index is 239. The Morgan fingerprint density at radius 3 is 1.11 bits per heavy atom. The van der Waals surface area contributed by atoms with Gasteiger partial charge in [0.05, 0.1) is 0 Å². The van der Waals surface area contributed by atoms with E-state index in [0.29, 0.717) is 0 Å². The van der Waals surface area contributed by atoms with Crippen molar-refractivity contribution in [3.63, 3.8) is 0 Å². The van der Waals surface area contributed by atoms with Gasteiger partial charge in [0.2, 0.25) is 0 Å². The molecule has 0 rings (SSSR count). The first-order valence-electron chi connectivity index (χ1n) is 1.47. The van der Waals surface area contributed by atoms with E-state index in [2.05, 4.69) is 10.3 Å². The van der Waals surface area contributed by atoms with E-state index in [1.54, 1.807) is 0 Å². The third-order valence-electron chi connectivity index (χ3n) is 0.190. The Morgan fingerprint density at radius 1 is 0.889 bits per heavy atom. The zero-order valence-electron chi connectivity index (χ0n) is 4.01. The summed E-state index contributed by atoms with van der Waals surface area (Å²) in [6.45, 7) is 0. The first-order valence-corrected chi connectivity index (χ1v) is 6.41. The average Bonchev–Trinajstić information content (AvgIpc) is 1.14. The molecule has 9 heteroatoms. The minimum Gasteiger partial charge on any atom is -0.219 e. The molecule has 0 saturated heterocycles. The summed E-state index contributed by atoms with van der Waals surface area (Å²) in [6, 6.07) is 0. The highest BCUT2D eigenvalue weighted by Crippen LogP contribution is 2.11. The van der Waals surface area contributed by atoms with E-state index in [-0.39, 0.29) is 0 Å². The fourth-order valence-electron chi connectivity index (χ4n) is 0.132. The smallest absolute Gasteiger partial charge is 0.219 e. The summed E-state index contributed by atoms with van der Waals surface area (Å²) in [6.07, 6.45) is 0. The van der Waals surface area contributed by atoms with Gasteiger partial charge in [-0.15, -0.1) is 0 Å². The third-order valence-corrected chi connectivity index (χ3v) is 5.12. The molecule has 56 valence electrons. The minimum absolute atomic E-state index is 0.486. The molecule has 0 aromatic rings. The van der Waals surface area contributed by atoms with Crippen molar-refractivity contribution >= 4 is 27.9 Å². The quantitative estimate of drug-likeness (QED) is 0.496. The van der Waals surface area contributed by atoms with Crippen LogP contribution < -0.4 is 10.3 Å². The van der Waals surface area contributed by atoms with Gasteiger partial charge in [-0.25, -0.2) is 10.3 Å². The van der Waals surface area contributed by atoms with Gasteiger partial charge in [0.25, 0.3) is 18.1 Å². The van der Waals surface area contributed by atoms with Crippen molar-refractivity contribution in [1.82, 2.24) is 0 Å². The van der Waals surface area contributed by atoms with Crippen LogP contribution in [0.4, 0.5) is 0 Å². The Morgan fingerprint density at radius 2 is 1.11 bits per heavy atom. The molecule has 0 amide bonds. The van der Waals surface area contributed by atoms with Crippen molar-refractivity contribution < 1.29 is 16.8 Å². The lowest BCUT2D eigenvalue weighted by Crippen LogP contribution is -2.15. The average molecular weight is 192 g/mol. The van der Waals surface area contributed by atoms with E-state index in [1.807, 2.05) is 0 Å². The first kappa shape index (κ1) is 9.17. The van der Waals surface area contributed by atoms with Gasteiger partial charge < -0.3 is 0 Å². The van der Waals surface area contributed by atoms with Crippen LogP contribution in [0.3, 0.4) is 0 Å². The van der Waals surface area contributed by atoms with Crippen LogP contribution in [-0.4, -0.2) is 16.8 Å². The molecule has 0 fully saturated rings. The molecule has 0 heterocycles. The largest absolute Gasteiger partial charge is 0.278 e. The lowest BCUT2D eigenvalue weighted by molar-refractivity contribution is 0.610. The van der Waals surface area contributed by atoms with Crippen LogP contribution in [0.2, 0.25) is 0 Å². The Balaban J connectivity index is 4.46. The molecule has 0 saturated carbocycles. The van der Waals surface area contributed by atoms with Gasteiger partial charge in [0.1, 0.15) is 9.83 Å². The molecule has 9 heavy (non-hydrogen) atoms. The maximum Gasteiger partial charge on any atom is 0.278 e. The molecule has 0 atom stereocenters. The molecular formula is H4N2O4S3. The fraction of sp³-hybridized carbons (Fsp3) is 0. The summed E-state index contributed by atoms with van der Waals surface area (Å²) in [7, 11) is -8.64. The molecule has 0 aliphatic rings. The van der Waals surface area contributed by atoms with E-state index in [9.17, 15) is 16.8 Å². The topological polar surface area (TPSA) is 120 Å². The molecule has 0 aromatic heterocycles. The predicted molar refractivity (Wildman–Crippen MR) is 33.8 cm³/mol. The maximum absolute atomic E-state index is 9.93. The van der Waals surface area contributed by atoms with Gasteiger partial charge in [-0.1, -0.05) is 0 Å². The van der Waals surface area contributed by atoms with E-state index < -0.39 is 27.9 Å². The molecule has 0 aromatic carbocycles. The molecule has 0 radical (unpaired) electrons. The summed E-state index contributed by atoms with van der Waals surface area (Å²) in [5, 5.41) is 8.60. The van der Waals surface area contributed by atoms with E-state index in [1.165, 1.54) is 0 Å². The molecule has 0 aliphatic heterocycles. The van der Waals surface area contributed by atoms with Crippen LogP contribution in [0.25, 0.3) is 0 Å². The fourth-order valence-corrected chi connectivity index (χ4v) is 3.57. The molecule has 0 aliphatic carbocycles. The van der Waals surface area contributed by atoms with Crippen LogP contribution in [0, 0.1) is 0 Å². The van der Waals surface area contributed by atoms with Gasteiger partial charge in [-0.2, -0.15) is 16.8 Å². The molecule has 6 nitrogen and oxygen atoms in total. The van der Waals surface area contributed by atoms with Crippen LogP contribution in [0.15, 0.2) is 0 Å². The monoisotopic (exact) mass is 192 g/mol. The lowest BCUT2D eigenvalue weighted by atomic mass is 13.9. The summed E-state index contributed by atoms with van der Waals surface area (Å²) >= 11 is 0. The number of nitrogens with two attached hydrogens (primary N) is 2. The van der Waals surface area contributed by atoms with Crippen molar-refractivity contribution in [2.24, 2.45) is 10.3 Å². The van der Waals surface area contributed by atoms with Crippen LogP contribution in [-0.2, 0) is 18.1 Å². The highest BCUT2D eigenvalue weighted by atomic mass is 33.5. The second-order valence-electron chi connectivity index (χ2n) is 1.05. The first-order chi connectivity index (χ1) is 3.71. The number of hydrogen-bond acceptors (Lipinski definition) is 5. The highest BCUT2D eigenvalue weighted by molar-refractivity contribution is 9.03.